The summed E-state index contributed by atoms with van der Waals surface area (Å²) >= 11 is 0. The third-order valence-corrected chi connectivity index (χ3v) is 11.0. The SMILES string of the molecule is CCCCC(NC(=O)CCCCCCC(=O)N(C)CCS(=O)(=O)O)c1cc(O)c(C(c2cccc(NS(=O)(=O)c3cn(C)cn3)c2)C2CC2)c(=O)o1. The molecule has 0 aliphatic heterocycles. The average Bonchev–Trinajstić information content (AvgIpc) is 3.81. The van der Waals surface area contributed by atoms with Gasteiger partial charge in [-0.1, -0.05) is 44.7 Å². The first kappa shape index (κ1) is 40.5. The minimum absolute atomic E-state index is 0.0435. The van der Waals surface area contributed by atoms with E-state index in [4.69, 9.17) is 8.97 Å². The molecule has 2 aromatic heterocycles. The number of nitrogens with zero attached hydrogens (tertiary/aromatic N) is 3. The number of aryl methyl sites for hydroxylation is 1. The summed E-state index contributed by atoms with van der Waals surface area (Å²) in [6.07, 6.45) is 9.40. The van der Waals surface area contributed by atoms with Crippen LogP contribution < -0.4 is 15.7 Å². The molecule has 4 N–H and O–H groups in total. The molecule has 1 aliphatic carbocycles. The molecule has 2 amide bonds. The summed E-state index contributed by atoms with van der Waals surface area (Å²) < 4.78 is 66.3. The Bertz CT molecular complexity index is 1970. The van der Waals surface area contributed by atoms with Crippen LogP contribution in [-0.2, 0) is 36.8 Å². The number of rotatable bonds is 21. The second kappa shape index (κ2) is 18.0. The third-order valence-electron chi connectivity index (χ3n) is 9.02. The molecule has 0 radical (unpaired) electrons. The molecule has 0 bridgehead atoms. The quantitative estimate of drug-likeness (QED) is 0.0877. The fourth-order valence-electron chi connectivity index (χ4n) is 6.04. The van der Waals surface area contributed by atoms with Crippen LogP contribution in [0, 0.1) is 5.92 Å². The molecule has 1 aliphatic rings. The van der Waals surface area contributed by atoms with Crippen molar-refractivity contribution in [2.45, 2.75) is 94.5 Å². The minimum Gasteiger partial charge on any atom is -0.507 e. The van der Waals surface area contributed by atoms with Crippen LogP contribution in [0.2, 0.25) is 0 Å². The first-order valence-electron chi connectivity index (χ1n) is 17.5. The number of aromatic nitrogens is 2. The molecule has 1 fully saturated rings. The van der Waals surface area contributed by atoms with E-state index in [9.17, 15) is 36.3 Å². The normalized spacial score (nSPS) is 14.5. The fourth-order valence-corrected chi connectivity index (χ4v) is 7.58. The van der Waals surface area contributed by atoms with Gasteiger partial charge in [0, 0.05) is 57.4 Å². The maximum Gasteiger partial charge on any atom is 0.343 e. The molecule has 1 aromatic carbocycles. The molecule has 0 saturated heterocycles. The van der Waals surface area contributed by atoms with Crippen LogP contribution in [-0.4, -0.2) is 72.1 Å². The molecule has 2 atom stereocenters. The highest BCUT2D eigenvalue weighted by atomic mass is 32.2. The number of amides is 2. The Morgan fingerprint density at radius 1 is 1.08 bits per heavy atom. The zero-order chi connectivity index (χ0) is 38.1. The molecule has 2 heterocycles. The van der Waals surface area contributed by atoms with E-state index in [-0.39, 0.29) is 64.9 Å². The van der Waals surface area contributed by atoms with Gasteiger partial charge in [0.2, 0.25) is 11.8 Å². The monoisotopic (exact) mass is 763 g/mol. The van der Waals surface area contributed by atoms with Crippen molar-refractivity contribution in [3.63, 3.8) is 0 Å². The maximum absolute atomic E-state index is 13.6. The number of nitrogens with one attached hydrogen (secondary N) is 2. The van der Waals surface area contributed by atoms with E-state index in [1.54, 1.807) is 31.3 Å². The van der Waals surface area contributed by atoms with Crippen LogP contribution >= 0.6 is 0 Å². The van der Waals surface area contributed by atoms with Crippen LogP contribution in [0.15, 0.2) is 57.1 Å². The maximum atomic E-state index is 13.6. The molecule has 3 aromatic rings. The minimum atomic E-state index is -4.14. The summed E-state index contributed by atoms with van der Waals surface area (Å²) in [5.41, 5.74) is 0.287. The summed E-state index contributed by atoms with van der Waals surface area (Å²) in [5.74, 6) is -1.59. The van der Waals surface area contributed by atoms with Gasteiger partial charge in [-0.3, -0.25) is 18.9 Å². The second-order valence-corrected chi connectivity index (χ2v) is 16.6. The van der Waals surface area contributed by atoms with Gasteiger partial charge in [0.25, 0.3) is 20.1 Å². The average molecular weight is 764 g/mol. The highest BCUT2D eigenvalue weighted by Gasteiger charge is 2.38. The number of aromatic hydroxyl groups is 1. The van der Waals surface area contributed by atoms with Crippen molar-refractivity contribution < 1.29 is 40.5 Å². The van der Waals surface area contributed by atoms with Gasteiger partial charge in [-0.2, -0.15) is 16.8 Å². The molecular weight excluding hydrogens is 715 g/mol. The van der Waals surface area contributed by atoms with E-state index >= 15 is 0 Å². The first-order chi connectivity index (χ1) is 24.6. The lowest BCUT2D eigenvalue weighted by molar-refractivity contribution is -0.129. The Hall–Kier alpha value is -4.22. The summed E-state index contributed by atoms with van der Waals surface area (Å²) in [7, 11) is -4.96. The van der Waals surface area contributed by atoms with Gasteiger partial charge in [-0.15, -0.1) is 0 Å². The molecular formula is C35H49N5O10S2. The van der Waals surface area contributed by atoms with E-state index < -0.39 is 43.5 Å². The van der Waals surface area contributed by atoms with E-state index in [2.05, 4.69) is 15.0 Å². The Morgan fingerprint density at radius 2 is 1.79 bits per heavy atom. The zero-order valence-corrected chi connectivity index (χ0v) is 31.4. The lowest BCUT2D eigenvalue weighted by Crippen LogP contribution is -2.31. The molecule has 2 unspecified atom stereocenters. The smallest absolute Gasteiger partial charge is 0.343 e. The number of hydrogen-bond donors (Lipinski definition) is 4. The van der Waals surface area contributed by atoms with Gasteiger partial charge < -0.3 is 24.3 Å². The predicted molar refractivity (Wildman–Crippen MR) is 194 cm³/mol. The number of carbonyl (C=O) groups excluding carboxylic acids is 2. The molecule has 0 spiro atoms. The van der Waals surface area contributed by atoms with Crippen LogP contribution in [0.5, 0.6) is 5.75 Å². The summed E-state index contributed by atoms with van der Waals surface area (Å²) in [5, 5.41) is 14.1. The topological polar surface area (TPSA) is 218 Å². The van der Waals surface area contributed by atoms with Crippen molar-refractivity contribution in [1.29, 1.82) is 0 Å². The van der Waals surface area contributed by atoms with Crippen molar-refractivity contribution in [2.75, 3.05) is 24.1 Å². The highest BCUT2D eigenvalue weighted by molar-refractivity contribution is 7.92. The van der Waals surface area contributed by atoms with Crippen molar-refractivity contribution >= 4 is 37.6 Å². The summed E-state index contributed by atoms with van der Waals surface area (Å²) in [4.78, 5) is 43.9. The van der Waals surface area contributed by atoms with Crippen LogP contribution in [0.3, 0.4) is 0 Å². The number of imidazole rings is 1. The Labute approximate surface area is 304 Å². The van der Waals surface area contributed by atoms with Gasteiger partial charge in [-0.05, 0) is 55.7 Å². The van der Waals surface area contributed by atoms with E-state index in [0.29, 0.717) is 37.7 Å². The second-order valence-electron chi connectivity index (χ2n) is 13.4. The highest BCUT2D eigenvalue weighted by Crippen LogP contribution is 2.48. The van der Waals surface area contributed by atoms with Crippen molar-refractivity contribution in [1.82, 2.24) is 19.8 Å². The van der Waals surface area contributed by atoms with Crippen molar-refractivity contribution in [2.24, 2.45) is 13.0 Å². The largest absolute Gasteiger partial charge is 0.507 e. The van der Waals surface area contributed by atoms with Crippen molar-refractivity contribution in [3.8, 4) is 5.75 Å². The predicted octanol–water partition coefficient (Wildman–Crippen LogP) is 4.46. The van der Waals surface area contributed by atoms with Gasteiger partial charge in [0.1, 0.15) is 11.5 Å². The molecule has 17 heteroatoms. The lowest BCUT2D eigenvalue weighted by Gasteiger charge is -2.21. The first-order valence-corrected chi connectivity index (χ1v) is 20.6. The zero-order valence-electron chi connectivity index (χ0n) is 29.8. The number of unbranched alkanes of at least 4 members (excludes halogenated alkanes) is 4. The molecule has 1 saturated carbocycles. The Morgan fingerprint density at radius 3 is 2.40 bits per heavy atom. The lowest BCUT2D eigenvalue weighted by atomic mass is 9.87. The van der Waals surface area contributed by atoms with E-state index in [1.165, 1.54) is 35.1 Å². The van der Waals surface area contributed by atoms with Crippen LogP contribution in [0.25, 0.3) is 0 Å². The molecule has 286 valence electrons. The number of carbonyl (C=O) groups is 2. The number of benzene rings is 1. The van der Waals surface area contributed by atoms with Crippen molar-refractivity contribution in [3.05, 3.63) is 70.2 Å². The molecule has 52 heavy (non-hydrogen) atoms. The fraction of sp³-hybridized carbons (Fsp3) is 0.543. The molecule has 15 nitrogen and oxygen atoms in total. The van der Waals surface area contributed by atoms with E-state index in [1.807, 2.05) is 6.92 Å². The van der Waals surface area contributed by atoms with Gasteiger partial charge in [-0.25, -0.2) is 9.78 Å². The number of hydrogen-bond acceptors (Lipinski definition) is 10. The number of anilines is 1. The van der Waals surface area contributed by atoms with E-state index in [0.717, 1.165) is 25.7 Å². The van der Waals surface area contributed by atoms with Gasteiger partial charge in [0.15, 0.2) is 5.03 Å². The molecule has 4 rings (SSSR count). The number of sulfonamides is 1. The third kappa shape index (κ3) is 11.9. The van der Waals surface area contributed by atoms with Crippen LogP contribution in [0.4, 0.5) is 5.69 Å². The van der Waals surface area contributed by atoms with Gasteiger partial charge >= 0.3 is 5.63 Å². The summed E-state index contributed by atoms with van der Waals surface area (Å²) in [6.45, 7) is 1.91. The van der Waals surface area contributed by atoms with Gasteiger partial charge in [0.05, 0.1) is 23.7 Å². The standard InChI is InChI=1S/C35H49N5O10S2/c1-4-5-13-27(37-30(42)14-8-6-7-9-15-32(43)40(3)18-19-51(45,46)47)29-21-28(41)34(35(44)50-29)33(24-16-17-24)25-11-10-12-26(20-25)38-52(48,49)31-22-39(2)23-36-31/h10-12,20-24,27,33,38,41H,4-9,13-19H2,1-3H3,(H,37,42)(H,45,46,47). The Kier molecular flexibility index (Phi) is 14.0. The summed E-state index contributed by atoms with van der Waals surface area (Å²) in [6, 6.07) is 7.46. The Balaban J connectivity index is 1.39. The van der Waals surface area contributed by atoms with Crippen LogP contribution in [0.1, 0.15) is 106 Å².